The molecule has 2 aromatic rings. The summed E-state index contributed by atoms with van der Waals surface area (Å²) in [4.78, 5) is 22.8. The number of ether oxygens (including phenoxy) is 1. The van der Waals surface area contributed by atoms with Crippen molar-refractivity contribution in [2.24, 2.45) is 0 Å². The fourth-order valence-electron chi connectivity index (χ4n) is 2.09. The van der Waals surface area contributed by atoms with E-state index in [-0.39, 0.29) is 35.4 Å². The van der Waals surface area contributed by atoms with E-state index in [0.717, 1.165) is 12.1 Å². The van der Waals surface area contributed by atoms with E-state index in [0.29, 0.717) is 6.54 Å². The van der Waals surface area contributed by atoms with E-state index in [2.05, 4.69) is 10.6 Å². The second kappa shape index (κ2) is 8.37. The molecule has 0 fully saturated rings. The molecule has 0 saturated carbocycles. The topological polar surface area (TPSA) is 67.4 Å². The zero-order valence-electron chi connectivity index (χ0n) is 13.9. The summed E-state index contributed by atoms with van der Waals surface area (Å²) < 4.78 is 43.6. The molecule has 0 unspecified atom stereocenters. The van der Waals surface area contributed by atoms with E-state index in [1.165, 1.54) is 31.2 Å². The summed E-state index contributed by atoms with van der Waals surface area (Å²) in [5.74, 6) is -0.331. The Morgan fingerprint density at radius 1 is 0.962 bits per heavy atom. The van der Waals surface area contributed by atoms with E-state index in [4.69, 9.17) is 4.74 Å². The zero-order valence-corrected chi connectivity index (χ0v) is 13.9. The minimum atomic E-state index is -4.46. The zero-order chi connectivity index (χ0) is 19.2. The summed E-state index contributed by atoms with van der Waals surface area (Å²) in [7, 11) is 0. The van der Waals surface area contributed by atoms with Crippen LogP contribution in [0.2, 0.25) is 0 Å². The van der Waals surface area contributed by atoms with Crippen LogP contribution in [0.4, 0.5) is 13.2 Å². The van der Waals surface area contributed by atoms with Crippen molar-refractivity contribution in [1.29, 1.82) is 0 Å². The number of hydrogen-bond donors (Lipinski definition) is 2. The molecular formula is C18H17F3N2O3. The van der Waals surface area contributed by atoms with Crippen LogP contribution in [-0.2, 0) is 11.0 Å². The molecule has 2 aromatic carbocycles. The van der Waals surface area contributed by atoms with Gasteiger partial charge in [0.25, 0.3) is 5.91 Å². The second-order valence-corrected chi connectivity index (χ2v) is 5.39. The van der Waals surface area contributed by atoms with Gasteiger partial charge in [-0.3, -0.25) is 9.59 Å². The van der Waals surface area contributed by atoms with E-state index in [9.17, 15) is 22.8 Å². The maximum Gasteiger partial charge on any atom is 0.416 e. The first-order chi connectivity index (χ1) is 12.3. The van der Waals surface area contributed by atoms with E-state index in [1.807, 2.05) is 0 Å². The Morgan fingerprint density at radius 2 is 1.58 bits per heavy atom. The normalized spacial score (nSPS) is 10.9. The van der Waals surface area contributed by atoms with Crippen LogP contribution in [0.3, 0.4) is 0 Å². The Hall–Kier alpha value is -3.03. The van der Waals surface area contributed by atoms with Crippen LogP contribution in [0.15, 0.2) is 48.5 Å². The van der Waals surface area contributed by atoms with E-state index >= 15 is 0 Å². The number of nitrogens with one attached hydrogen (secondary N) is 2. The third kappa shape index (κ3) is 5.80. The van der Waals surface area contributed by atoms with Crippen LogP contribution < -0.4 is 15.4 Å². The number of hydrogen-bond acceptors (Lipinski definition) is 3. The van der Waals surface area contributed by atoms with Gasteiger partial charge in [-0.2, -0.15) is 13.2 Å². The molecule has 0 aliphatic rings. The van der Waals surface area contributed by atoms with Gasteiger partial charge < -0.3 is 15.4 Å². The number of amides is 2. The van der Waals surface area contributed by atoms with Gasteiger partial charge in [-0.25, -0.2) is 0 Å². The number of carbonyl (C=O) groups is 2. The Labute approximate surface area is 148 Å². The molecule has 2 N–H and O–H groups in total. The lowest BCUT2D eigenvalue weighted by Crippen LogP contribution is -2.33. The highest BCUT2D eigenvalue weighted by atomic mass is 19.4. The fourth-order valence-corrected chi connectivity index (χ4v) is 2.09. The van der Waals surface area contributed by atoms with Crippen molar-refractivity contribution in [2.75, 3.05) is 13.1 Å². The predicted octanol–water partition coefficient (Wildman–Crippen LogP) is 3.36. The number of alkyl halides is 3. The van der Waals surface area contributed by atoms with Crippen LogP contribution in [0.25, 0.3) is 0 Å². The molecule has 0 aromatic heterocycles. The molecule has 8 heteroatoms. The summed E-state index contributed by atoms with van der Waals surface area (Å²) in [6.45, 7) is 1.91. The average Bonchev–Trinajstić information content (AvgIpc) is 2.58. The van der Waals surface area contributed by atoms with Gasteiger partial charge in [-0.1, -0.05) is 12.1 Å². The first kappa shape index (κ1) is 19.3. The summed E-state index contributed by atoms with van der Waals surface area (Å²) in [6.07, 6.45) is -4.46. The molecule has 0 aliphatic carbocycles. The van der Waals surface area contributed by atoms with Crippen LogP contribution in [0, 0.1) is 0 Å². The SMILES string of the molecule is CC(=O)NCCNC(=O)c1cccc(Oc2cccc(C(F)(F)F)c2)c1. The summed E-state index contributed by atoms with van der Waals surface area (Å²) in [6, 6.07) is 10.6. The number of rotatable bonds is 6. The van der Waals surface area contributed by atoms with Gasteiger partial charge in [0.2, 0.25) is 5.91 Å². The molecule has 0 saturated heterocycles. The Kier molecular flexibility index (Phi) is 6.21. The second-order valence-electron chi connectivity index (χ2n) is 5.39. The highest BCUT2D eigenvalue weighted by Crippen LogP contribution is 2.32. The first-order valence-electron chi connectivity index (χ1n) is 7.73. The van der Waals surface area contributed by atoms with Gasteiger partial charge >= 0.3 is 6.18 Å². The average molecular weight is 366 g/mol. The summed E-state index contributed by atoms with van der Waals surface area (Å²) in [5, 5.41) is 5.16. The maximum absolute atomic E-state index is 12.7. The minimum Gasteiger partial charge on any atom is -0.457 e. The van der Waals surface area contributed by atoms with Crippen LogP contribution in [0.5, 0.6) is 11.5 Å². The first-order valence-corrected chi connectivity index (χ1v) is 7.73. The predicted molar refractivity (Wildman–Crippen MR) is 89.0 cm³/mol. The largest absolute Gasteiger partial charge is 0.457 e. The van der Waals surface area contributed by atoms with Crippen molar-refractivity contribution in [3.63, 3.8) is 0 Å². The molecule has 0 radical (unpaired) electrons. The van der Waals surface area contributed by atoms with Gasteiger partial charge in [0.15, 0.2) is 0 Å². The lowest BCUT2D eigenvalue weighted by Gasteiger charge is -2.11. The molecule has 2 amide bonds. The lowest BCUT2D eigenvalue weighted by molar-refractivity contribution is -0.137. The van der Waals surface area contributed by atoms with Crippen molar-refractivity contribution in [1.82, 2.24) is 10.6 Å². The van der Waals surface area contributed by atoms with Gasteiger partial charge in [-0.05, 0) is 36.4 Å². The van der Waals surface area contributed by atoms with E-state index in [1.54, 1.807) is 12.1 Å². The maximum atomic E-state index is 12.7. The number of carbonyl (C=O) groups excluding carboxylic acids is 2. The summed E-state index contributed by atoms with van der Waals surface area (Å²) >= 11 is 0. The number of benzene rings is 2. The molecule has 0 atom stereocenters. The van der Waals surface area contributed by atoms with Gasteiger partial charge in [0.05, 0.1) is 5.56 Å². The standard InChI is InChI=1S/C18H17F3N2O3/c1-12(24)22-8-9-23-17(25)13-4-2-6-15(10-13)26-16-7-3-5-14(11-16)18(19,20)21/h2-7,10-11H,8-9H2,1H3,(H,22,24)(H,23,25). The van der Waals surface area contributed by atoms with E-state index < -0.39 is 11.7 Å². The van der Waals surface area contributed by atoms with Crippen molar-refractivity contribution in [3.8, 4) is 11.5 Å². The van der Waals surface area contributed by atoms with Crippen molar-refractivity contribution in [3.05, 3.63) is 59.7 Å². The van der Waals surface area contributed by atoms with Gasteiger partial charge in [0, 0.05) is 25.6 Å². The van der Waals surface area contributed by atoms with Gasteiger partial charge in [-0.15, -0.1) is 0 Å². The Bertz CT molecular complexity index is 791. The third-order valence-electron chi connectivity index (χ3n) is 3.28. The molecule has 0 spiro atoms. The molecule has 2 rings (SSSR count). The lowest BCUT2D eigenvalue weighted by atomic mass is 10.2. The van der Waals surface area contributed by atoms with Crippen LogP contribution in [-0.4, -0.2) is 24.9 Å². The molecule has 0 heterocycles. The van der Waals surface area contributed by atoms with Crippen LogP contribution >= 0.6 is 0 Å². The molecule has 26 heavy (non-hydrogen) atoms. The highest BCUT2D eigenvalue weighted by molar-refractivity contribution is 5.94. The highest BCUT2D eigenvalue weighted by Gasteiger charge is 2.30. The minimum absolute atomic E-state index is 0.0167. The fraction of sp³-hybridized carbons (Fsp3) is 0.222. The Balaban J connectivity index is 2.03. The number of halogens is 3. The van der Waals surface area contributed by atoms with Gasteiger partial charge in [0.1, 0.15) is 11.5 Å². The Morgan fingerprint density at radius 3 is 2.23 bits per heavy atom. The smallest absolute Gasteiger partial charge is 0.416 e. The third-order valence-corrected chi connectivity index (χ3v) is 3.28. The van der Waals surface area contributed by atoms with Crippen molar-refractivity contribution in [2.45, 2.75) is 13.1 Å². The molecule has 0 aliphatic heterocycles. The molecule has 5 nitrogen and oxygen atoms in total. The van der Waals surface area contributed by atoms with Crippen molar-refractivity contribution < 1.29 is 27.5 Å². The molecule has 0 bridgehead atoms. The summed E-state index contributed by atoms with van der Waals surface area (Å²) in [5.41, 5.74) is -0.529. The molecule has 138 valence electrons. The monoisotopic (exact) mass is 366 g/mol. The van der Waals surface area contributed by atoms with Crippen molar-refractivity contribution >= 4 is 11.8 Å². The quantitative estimate of drug-likeness (QED) is 0.771. The molecular weight excluding hydrogens is 349 g/mol. The van der Waals surface area contributed by atoms with Crippen LogP contribution in [0.1, 0.15) is 22.8 Å².